The second kappa shape index (κ2) is 6.68. The molecule has 2 atom stereocenters. The number of fused-ring (bicyclic) bond motifs is 2. The van der Waals surface area contributed by atoms with Crippen molar-refractivity contribution in [2.24, 2.45) is 11.8 Å². The van der Waals surface area contributed by atoms with Crippen molar-refractivity contribution in [3.63, 3.8) is 0 Å². The van der Waals surface area contributed by atoms with E-state index in [0.717, 1.165) is 36.1 Å². The normalized spacial score (nSPS) is 26.0. The van der Waals surface area contributed by atoms with Crippen LogP contribution in [0.15, 0.2) is 0 Å². The van der Waals surface area contributed by atoms with E-state index in [1.807, 2.05) is 0 Å². The van der Waals surface area contributed by atoms with Gasteiger partial charge in [-0.1, -0.05) is 19.3 Å². The van der Waals surface area contributed by atoms with E-state index in [9.17, 15) is 14.4 Å². The van der Waals surface area contributed by atoms with Crippen molar-refractivity contribution in [2.75, 3.05) is 12.3 Å². The van der Waals surface area contributed by atoms with E-state index in [0.29, 0.717) is 23.4 Å². The van der Waals surface area contributed by atoms with Gasteiger partial charge in [-0.2, -0.15) is 0 Å². The Hall–Kier alpha value is -1.89. The Balaban J connectivity index is 1.63. The van der Waals surface area contributed by atoms with Crippen LogP contribution >= 0.6 is 11.3 Å². The first-order valence-electron chi connectivity index (χ1n) is 9.47. The molecule has 4 rings (SSSR count). The number of nitrogen functional groups attached to an aromatic ring is 1. The summed E-state index contributed by atoms with van der Waals surface area (Å²) < 4.78 is 5.13. The first-order valence-corrected chi connectivity index (χ1v) is 10.3. The van der Waals surface area contributed by atoms with E-state index >= 15 is 0 Å². The molecule has 140 valence electrons. The number of imide groups is 1. The van der Waals surface area contributed by atoms with E-state index in [-0.39, 0.29) is 36.3 Å². The lowest BCUT2D eigenvalue weighted by Crippen LogP contribution is -2.41. The number of likely N-dealkylation sites (tertiary alicyclic amines) is 1. The molecule has 1 saturated carbocycles. The van der Waals surface area contributed by atoms with Gasteiger partial charge in [0.25, 0.3) is 0 Å². The van der Waals surface area contributed by atoms with E-state index in [1.165, 1.54) is 17.8 Å². The van der Waals surface area contributed by atoms with E-state index in [2.05, 4.69) is 0 Å². The van der Waals surface area contributed by atoms with Gasteiger partial charge >= 0.3 is 5.97 Å². The number of hydrogen-bond donors (Lipinski definition) is 1. The summed E-state index contributed by atoms with van der Waals surface area (Å²) >= 11 is 1.35. The van der Waals surface area contributed by atoms with Gasteiger partial charge in [-0.05, 0) is 38.2 Å². The van der Waals surface area contributed by atoms with Crippen LogP contribution in [-0.4, -0.2) is 35.3 Å². The number of carbonyl (C=O) groups is 3. The number of thiophene rings is 1. The maximum atomic E-state index is 13.0. The van der Waals surface area contributed by atoms with Crippen LogP contribution in [0.3, 0.4) is 0 Å². The van der Waals surface area contributed by atoms with Gasteiger partial charge in [0.05, 0.1) is 24.0 Å². The number of nitrogens with two attached hydrogens (primary N) is 1. The molecule has 1 aromatic heterocycles. The number of anilines is 1. The summed E-state index contributed by atoms with van der Waals surface area (Å²) in [4.78, 5) is 40.8. The highest BCUT2D eigenvalue weighted by atomic mass is 32.1. The highest BCUT2D eigenvalue weighted by molar-refractivity contribution is 7.16. The van der Waals surface area contributed by atoms with E-state index < -0.39 is 5.97 Å². The zero-order valence-corrected chi connectivity index (χ0v) is 15.8. The van der Waals surface area contributed by atoms with E-state index in [1.54, 1.807) is 11.8 Å². The van der Waals surface area contributed by atoms with Gasteiger partial charge in [-0.3, -0.25) is 14.5 Å². The van der Waals surface area contributed by atoms with E-state index in [4.69, 9.17) is 10.5 Å². The molecule has 2 N–H and O–H groups in total. The molecule has 0 unspecified atom stereocenters. The molecule has 2 heterocycles. The molecule has 26 heavy (non-hydrogen) atoms. The highest BCUT2D eigenvalue weighted by Gasteiger charge is 2.52. The molecule has 1 aliphatic heterocycles. The van der Waals surface area contributed by atoms with Crippen LogP contribution in [0.1, 0.15) is 59.8 Å². The standard InChI is InChI=1S/C19H24N2O4S/c1-2-25-19(24)15-13-8-11-12(9-14(13)26-16(15)20)18(23)21(17(11)22)10-6-4-3-5-7-10/h10-12H,2-9,20H2,1H3/t11-,12-/m0/s1. The number of amides is 2. The molecule has 1 saturated heterocycles. The zero-order valence-electron chi connectivity index (χ0n) is 15.0. The van der Waals surface area contributed by atoms with Crippen LogP contribution in [-0.2, 0) is 27.2 Å². The first kappa shape index (κ1) is 17.5. The van der Waals surface area contributed by atoms with Gasteiger partial charge in [0.1, 0.15) is 5.00 Å². The van der Waals surface area contributed by atoms with Gasteiger partial charge < -0.3 is 10.5 Å². The number of esters is 1. The Labute approximate surface area is 156 Å². The summed E-state index contributed by atoms with van der Waals surface area (Å²) in [5.74, 6) is -1.18. The minimum Gasteiger partial charge on any atom is -0.462 e. The quantitative estimate of drug-likeness (QED) is 0.647. The van der Waals surface area contributed by atoms with Gasteiger partial charge in [0.15, 0.2) is 0 Å². The SMILES string of the molecule is CCOC(=O)c1c(N)sc2c1C[C@@H]1C(=O)N(C3CCCCC3)C(=O)[C@H]1C2. The zero-order chi connectivity index (χ0) is 18.4. The third kappa shape index (κ3) is 2.64. The number of carbonyl (C=O) groups excluding carboxylic acids is 3. The van der Waals surface area contributed by atoms with Crippen LogP contribution < -0.4 is 5.73 Å². The maximum absolute atomic E-state index is 13.0. The molecule has 0 radical (unpaired) electrons. The Bertz CT molecular complexity index is 766. The fraction of sp³-hybridized carbons (Fsp3) is 0.632. The lowest BCUT2D eigenvalue weighted by molar-refractivity contribution is -0.143. The third-order valence-corrected chi connectivity index (χ3v) is 7.05. The van der Waals surface area contributed by atoms with Gasteiger partial charge in [-0.25, -0.2) is 4.79 Å². The smallest absolute Gasteiger partial charge is 0.341 e. The molecule has 0 aromatic carbocycles. The molecule has 2 amide bonds. The van der Waals surface area contributed by atoms with Crippen LogP contribution in [0.25, 0.3) is 0 Å². The van der Waals surface area contributed by atoms with Crippen molar-refractivity contribution in [2.45, 2.75) is 57.9 Å². The summed E-state index contributed by atoms with van der Waals surface area (Å²) in [6.07, 6.45) is 6.08. The summed E-state index contributed by atoms with van der Waals surface area (Å²) in [6, 6.07) is 0.0574. The number of hydrogen-bond acceptors (Lipinski definition) is 6. The Morgan fingerprint density at radius 2 is 1.81 bits per heavy atom. The van der Waals surface area contributed by atoms with Crippen LogP contribution in [0.5, 0.6) is 0 Å². The molecule has 2 aliphatic carbocycles. The summed E-state index contributed by atoms with van der Waals surface area (Å²) in [7, 11) is 0. The highest BCUT2D eigenvalue weighted by Crippen LogP contribution is 2.45. The molecule has 7 heteroatoms. The molecule has 6 nitrogen and oxygen atoms in total. The minimum atomic E-state index is -0.429. The largest absolute Gasteiger partial charge is 0.462 e. The Morgan fingerprint density at radius 3 is 2.46 bits per heavy atom. The predicted octanol–water partition coefficient (Wildman–Crippen LogP) is 2.54. The monoisotopic (exact) mass is 376 g/mol. The fourth-order valence-electron chi connectivity index (χ4n) is 4.73. The summed E-state index contributed by atoms with van der Waals surface area (Å²) in [5, 5.41) is 0.428. The average Bonchev–Trinajstić information content (AvgIpc) is 3.07. The first-order chi connectivity index (χ1) is 12.5. The topological polar surface area (TPSA) is 89.7 Å². The lowest BCUT2D eigenvalue weighted by atomic mass is 9.79. The summed E-state index contributed by atoms with van der Waals surface area (Å²) in [5.41, 5.74) is 7.28. The molecule has 0 spiro atoms. The van der Waals surface area contributed by atoms with Gasteiger partial charge in [0, 0.05) is 10.9 Å². The Kier molecular flexibility index (Phi) is 4.50. The second-order valence-corrected chi connectivity index (χ2v) is 8.56. The Morgan fingerprint density at radius 1 is 1.15 bits per heavy atom. The van der Waals surface area contributed by atoms with Crippen LogP contribution in [0.2, 0.25) is 0 Å². The maximum Gasteiger partial charge on any atom is 0.341 e. The van der Waals surface area contributed by atoms with Gasteiger partial charge in [0.2, 0.25) is 11.8 Å². The number of nitrogens with zero attached hydrogens (tertiary/aromatic N) is 1. The third-order valence-electron chi connectivity index (χ3n) is 5.96. The molecule has 3 aliphatic rings. The van der Waals surface area contributed by atoms with Crippen LogP contribution in [0, 0.1) is 11.8 Å². The number of rotatable bonds is 3. The molecule has 1 aromatic rings. The van der Waals surface area contributed by atoms with Crippen molar-refractivity contribution < 1.29 is 19.1 Å². The average molecular weight is 376 g/mol. The second-order valence-electron chi connectivity index (χ2n) is 7.42. The molecular weight excluding hydrogens is 352 g/mol. The fourth-order valence-corrected chi connectivity index (χ4v) is 5.87. The van der Waals surface area contributed by atoms with Crippen molar-refractivity contribution in [3.05, 3.63) is 16.0 Å². The van der Waals surface area contributed by atoms with Crippen molar-refractivity contribution in [1.29, 1.82) is 0 Å². The van der Waals surface area contributed by atoms with Crippen molar-refractivity contribution >= 4 is 34.1 Å². The lowest BCUT2D eigenvalue weighted by Gasteiger charge is -2.29. The molecule has 0 bridgehead atoms. The van der Waals surface area contributed by atoms with Crippen LogP contribution in [0.4, 0.5) is 5.00 Å². The predicted molar refractivity (Wildman–Crippen MR) is 97.8 cm³/mol. The minimum absolute atomic E-state index is 0.0257. The summed E-state index contributed by atoms with van der Waals surface area (Å²) in [6.45, 7) is 2.03. The molecule has 2 fully saturated rings. The van der Waals surface area contributed by atoms with Gasteiger partial charge in [-0.15, -0.1) is 11.3 Å². The van der Waals surface area contributed by atoms with Crippen molar-refractivity contribution in [3.8, 4) is 0 Å². The number of ether oxygens (including phenoxy) is 1. The molecular formula is C19H24N2O4S. The van der Waals surface area contributed by atoms with Crippen molar-refractivity contribution in [1.82, 2.24) is 4.90 Å².